The Labute approximate surface area is 186 Å². The zero-order valence-electron chi connectivity index (χ0n) is 18.4. The van der Waals surface area contributed by atoms with Crippen molar-refractivity contribution in [1.29, 1.82) is 0 Å². The van der Waals surface area contributed by atoms with E-state index in [1.54, 1.807) is 12.2 Å². The highest BCUT2D eigenvalue weighted by Gasteiger charge is 2.05. The smallest absolute Gasteiger partial charge is 0.251 e. The summed E-state index contributed by atoms with van der Waals surface area (Å²) in [5.41, 5.74) is 3.40. The maximum Gasteiger partial charge on any atom is 0.251 e. The van der Waals surface area contributed by atoms with Crippen LogP contribution in [-0.2, 0) is 0 Å². The summed E-state index contributed by atoms with van der Waals surface area (Å²) >= 11 is 0. The van der Waals surface area contributed by atoms with Gasteiger partial charge >= 0.3 is 0 Å². The molecule has 31 heavy (non-hydrogen) atoms. The summed E-state index contributed by atoms with van der Waals surface area (Å²) < 4.78 is 0. The summed E-state index contributed by atoms with van der Waals surface area (Å²) in [5, 5.41) is 5.95. The van der Waals surface area contributed by atoms with Crippen LogP contribution in [-0.4, -0.2) is 24.9 Å². The van der Waals surface area contributed by atoms with E-state index in [1.807, 2.05) is 48.5 Å². The number of hydrogen-bond donors (Lipinski definition) is 2. The van der Waals surface area contributed by atoms with Gasteiger partial charge in [-0.25, -0.2) is 0 Å². The summed E-state index contributed by atoms with van der Waals surface area (Å²) in [5.74, 6) is -0.0383. The molecule has 0 unspecified atom stereocenters. The molecule has 0 aliphatic carbocycles. The number of hydrogen-bond acceptors (Lipinski definition) is 2. The van der Waals surface area contributed by atoms with E-state index in [0.717, 1.165) is 36.8 Å². The number of amides is 2. The van der Waals surface area contributed by atoms with E-state index in [1.165, 1.54) is 19.3 Å². The Balaban J connectivity index is 1.43. The third kappa shape index (κ3) is 9.04. The summed E-state index contributed by atoms with van der Waals surface area (Å²) in [6.45, 7) is 8.85. The summed E-state index contributed by atoms with van der Waals surface area (Å²) in [4.78, 5) is 24.2. The molecule has 2 amide bonds. The first-order valence-electron chi connectivity index (χ1n) is 11.2. The van der Waals surface area contributed by atoms with Gasteiger partial charge < -0.3 is 10.6 Å². The Bertz CT molecular complexity index is 767. The standard InChI is InChI=1S/C27H34N2O2/c1-3-22-12-16-24(17-13-22)26(30)28-20-10-8-6-5-7-9-11-21-29-27(31)25-18-14-23(4-2)15-19-25/h3-4,12-19H,1-2,5-11,20-21H2,(H,28,30)(H,29,31). The average molecular weight is 419 g/mol. The topological polar surface area (TPSA) is 58.2 Å². The minimum atomic E-state index is -0.0192. The highest BCUT2D eigenvalue weighted by Crippen LogP contribution is 2.09. The number of carbonyl (C=O) groups is 2. The Kier molecular flexibility index (Phi) is 10.9. The monoisotopic (exact) mass is 418 g/mol. The third-order valence-corrected chi connectivity index (χ3v) is 5.24. The zero-order chi connectivity index (χ0) is 22.3. The van der Waals surface area contributed by atoms with Gasteiger partial charge in [0.2, 0.25) is 0 Å². The quantitative estimate of drug-likeness (QED) is 0.377. The lowest BCUT2D eigenvalue weighted by Crippen LogP contribution is -2.24. The molecule has 2 aromatic rings. The number of nitrogens with one attached hydrogen (secondary N) is 2. The zero-order valence-corrected chi connectivity index (χ0v) is 18.4. The molecular weight excluding hydrogens is 384 g/mol. The molecule has 0 heterocycles. The predicted molar refractivity (Wildman–Crippen MR) is 130 cm³/mol. The van der Waals surface area contributed by atoms with Crippen LogP contribution in [0.2, 0.25) is 0 Å². The van der Waals surface area contributed by atoms with Crippen molar-refractivity contribution in [1.82, 2.24) is 10.6 Å². The molecule has 2 N–H and O–H groups in total. The van der Waals surface area contributed by atoms with Gasteiger partial charge in [0.25, 0.3) is 11.8 Å². The van der Waals surface area contributed by atoms with E-state index in [9.17, 15) is 9.59 Å². The molecule has 0 saturated heterocycles. The highest BCUT2D eigenvalue weighted by molar-refractivity contribution is 5.94. The molecule has 2 aromatic carbocycles. The maximum absolute atomic E-state index is 12.1. The molecule has 164 valence electrons. The van der Waals surface area contributed by atoms with E-state index in [-0.39, 0.29) is 11.8 Å². The molecule has 0 bridgehead atoms. The fourth-order valence-electron chi connectivity index (χ4n) is 3.28. The second-order valence-electron chi connectivity index (χ2n) is 7.64. The highest BCUT2D eigenvalue weighted by atomic mass is 16.2. The summed E-state index contributed by atoms with van der Waals surface area (Å²) in [6.07, 6.45) is 11.3. The van der Waals surface area contributed by atoms with Gasteiger partial charge in [-0.2, -0.15) is 0 Å². The van der Waals surface area contributed by atoms with Gasteiger partial charge in [-0.1, -0.05) is 81.7 Å². The van der Waals surface area contributed by atoms with E-state index in [0.29, 0.717) is 24.2 Å². The van der Waals surface area contributed by atoms with Crippen LogP contribution in [0.4, 0.5) is 0 Å². The minimum absolute atomic E-state index is 0.0192. The molecule has 0 aliphatic heterocycles. The van der Waals surface area contributed by atoms with Gasteiger partial charge in [0.05, 0.1) is 0 Å². The molecule has 0 radical (unpaired) electrons. The van der Waals surface area contributed by atoms with Gasteiger partial charge in [-0.05, 0) is 48.2 Å². The van der Waals surface area contributed by atoms with Crippen molar-refractivity contribution < 1.29 is 9.59 Å². The SMILES string of the molecule is C=Cc1ccc(C(=O)NCCCCCCCCCNC(=O)c2ccc(C=C)cc2)cc1. The van der Waals surface area contributed by atoms with Crippen LogP contribution >= 0.6 is 0 Å². The average Bonchev–Trinajstić information content (AvgIpc) is 2.82. The first-order valence-corrected chi connectivity index (χ1v) is 11.2. The first-order chi connectivity index (χ1) is 15.1. The van der Waals surface area contributed by atoms with Crippen LogP contribution < -0.4 is 10.6 Å². The maximum atomic E-state index is 12.1. The molecule has 0 aliphatic rings. The number of rotatable bonds is 14. The van der Waals surface area contributed by atoms with Crippen LogP contribution in [0, 0.1) is 0 Å². The second kappa shape index (κ2) is 14.0. The molecule has 0 saturated carbocycles. The van der Waals surface area contributed by atoms with Crippen molar-refractivity contribution in [2.45, 2.75) is 44.9 Å². The van der Waals surface area contributed by atoms with E-state index in [2.05, 4.69) is 23.8 Å². The molecule has 0 atom stereocenters. The van der Waals surface area contributed by atoms with Gasteiger partial charge in [-0.3, -0.25) is 9.59 Å². The molecule has 0 aromatic heterocycles. The van der Waals surface area contributed by atoms with Crippen LogP contribution in [0.3, 0.4) is 0 Å². The Morgan fingerprint density at radius 1 is 0.581 bits per heavy atom. The van der Waals surface area contributed by atoms with Crippen molar-refractivity contribution in [3.8, 4) is 0 Å². The lowest BCUT2D eigenvalue weighted by Gasteiger charge is -2.07. The molecule has 0 spiro atoms. The van der Waals surface area contributed by atoms with Crippen molar-refractivity contribution in [3.05, 3.63) is 83.9 Å². The van der Waals surface area contributed by atoms with E-state index in [4.69, 9.17) is 0 Å². The lowest BCUT2D eigenvalue weighted by molar-refractivity contribution is 0.0945. The van der Waals surface area contributed by atoms with Crippen LogP contribution in [0.1, 0.15) is 76.8 Å². The molecule has 2 rings (SSSR count). The predicted octanol–water partition coefficient (Wildman–Crippen LogP) is 5.86. The third-order valence-electron chi connectivity index (χ3n) is 5.24. The largest absolute Gasteiger partial charge is 0.352 e. The van der Waals surface area contributed by atoms with Crippen molar-refractivity contribution >= 4 is 24.0 Å². The Morgan fingerprint density at radius 3 is 1.23 bits per heavy atom. The lowest BCUT2D eigenvalue weighted by atomic mass is 10.1. The van der Waals surface area contributed by atoms with Crippen LogP contribution in [0.5, 0.6) is 0 Å². The number of unbranched alkanes of at least 4 members (excludes halogenated alkanes) is 6. The van der Waals surface area contributed by atoms with Crippen molar-refractivity contribution in [2.75, 3.05) is 13.1 Å². The Hall–Kier alpha value is -3.14. The van der Waals surface area contributed by atoms with E-state index >= 15 is 0 Å². The van der Waals surface area contributed by atoms with Crippen molar-refractivity contribution in [2.24, 2.45) is 0 Å². The fourth-order valence-corrected chi connectivity index (χ4v) is 3.28. The Morgan fingerprint density at radius 2 is 0.903 bits per heavy atom. The van der Waals surface area contributed by atoms with Gasteiger partial charge in [0.1, 0.15) is 0 Å². The van der Waals surface area contributed by atoms with E-state index < -0.39 is 0 Å². The first kappa shape index (κ1) is 24.1. The second-order valence-corrected chi connectivity index (χ2v) is 7.64. The summed E-state index contributed by atoms with van der Waals surface area (Å²) in [7, 11) is 0. The van der Waals surface area contributed by atoms with Gasteiger partial charge in [-0.15, -0.1) is 0 Å². The molecule has 4 nitrogen and oxygen atoms in total. The number of benzene rings is 2. The molecule has 4 heteroatoms. The number of carbonyl (C=O) groups excluding carboxylic acids is 2. The normalized spacial score (nSPS) is 10.3. The van der Waals surface area contributed by atoms with Gasteiger partial charge in [0.15, 0.2) is 0 Å². The summed E-state index contributed by atoms with van der Waals surface area (Å²) in [6, 6.07) is 14.9. The van der Waals surface area contributed by atoms with Crippen LogP contribution in [0.15, 0.2) is 61.7 Å². The van der Waals surface area contributed by atoms with Crippen LogP contribution in [0.25, 0.3) is 12.2 Å². The molecule has 0 fully saturated rings. The van der Waals surface area contributed by atoms with Gasteiger partial charge in [0, 0.05) is 24.2 Å². The fraction of sp³-hybridized carbons (Fsp3) is 0.333. The minimum Gasteiger partial charge on any atom is -0.352 e. The molecular formula is C27H34N2O2. The van der Waals surface area contributed by atoms with Crippen molar-refractivity contribution in [3.63, 3.8) is 0 Å².